The van der Waals surface area contributed by atoms with Gasteiger partial charge in [-0.15, -0.1) is 0 Å². The largest absolute Gasteiger partial charge is 0.371 e. The normalized spacial score (nSPS) is 11.1. The summed E-state index contributed by atoms with van der Waals surface area (Å²) in [5.41, 5.74) is 1.96. The smallest absolute Gasteiger partial charge is 0.340 e. The maximum Gasteiger partial charge on any atom is 0.340 e. The first kappa shape index (κ1) is 37.9. The molecule has 0 atom stereocenters. The number of ketones is 1. The third kappa shape index (κ3) is 8.48. The van der Waals surface area contributed by atoms with Crippen molar-refractivity contribution in [3.05, 3.63) is 112 Å². The SMILES string of the molecule is CCC(CC)Nc1c([N+](=O)[O-])cc(C)c(C)c1[N+](=O)[O-].Cc1ccc(S(=O)(=O)Oc2c(C(=O)c3ccc(Cl)cc3Cl)c(C)nn2C)cc1. The minimum atomic E-state index is -4.16. The molecule has 1 aromatic heterocycles. The third-order valence-corrected chi connectivity index (χ3v) is 9.35. The first-order valence-corrected chi connectivity index (χ1v) is 16.8. The lowest BCUT2D eigenvalue weighted by molar-refractivity contribution is -0.392. The first-order valence-electron chi connectivity index (χ1n) is 14.7. The number of rotatable bonds is 11. The molecular formula is C32H35Cl2N5O8S. The number of anilines is 1. The van der Waals surface area contributed by atoms with E-state index in [2.05, 4.69) is 10.4 Å². The lowest BCUT2D eigenvalue weighted by Crippen LogP contribution is -2.19. The molecule has 16 heteroatoms. The van der Waals surface area contributed by atoms with Crippen molar-refractivity contribution in [1.29, 1.82) is 0 Å². The zero-order valence-electron chi connectivity index (χ0n) is 27.3. The summed E-state index contributed by atoms with van der Waals surface area (Å²) in [4.78, 5) is 34.3. The molecule has 4 rings (SSSR count). The second-order valence-electron chi connectivity index (χ2n) is 10.9. The van der Waals surface area contributed by atoms with Crippen LogP contribution >= 0.6 is 23.2 Å². The van der Waals surface area contributed by atoms with Gasteiger partial charge < -0.3 is 9.50 Å². The summed E-state index contributed by atoms with van der Waals surface area (Å²) >= 11 is 12.0. The van der Waals surface area contributed by atoms with Crippen molar-refractivity contribution in [3.8, 4) is 5.88 Å². The number of halogens is 2. The summed E-state index contributed by atoms with van der Waals surface area (Å²) in [6.07, 6.45) is 1.47. The van der Waals surface area contributed by atoms with Crippen molar-refractivity contribution >= 4 is 56.2 Å². The fourth-order valence-electron chi connectivity index (χ4n) is 4.75. The van der Waals surface area contributed by atoms with Gasteiger partial charge in [-0.2, -0.15) is 13.5 Å². The van der Waals surface area contributed by atoms with E-state index in [0.29, 0.717) is 21.8 Å². The number of nitrogens with zero attached hydrogens (tertiary/aromatic N) is 4. The van der Waals surface area contributed by atoms with Crippen LogP contribution in [0.1, 0.15) is 65.0 Å². The number of benzene rings is 3. The van der Waals surface area contributed by atoms with Crippen molar-refractivity contribution in [2.24, 2.45) is 7.05 Å². The van der Waals surface area contributed by atoms with Gasteiger partial charge in [0, 0.05) is 35.3 Å². The van der Waals surface area contributed by atoms with Crippen LogP contribution in [0.4, 0.5) is 17.1 Å². The van der Waals surface area contributed by atoms with Gasteiger partial charge in [0.2, 0.25) is 11.7 Å². The van der Waals surface area contributed by atoms with Gasteiger partial charge in [-0.3, -0.25) is 25.0 Å². The average molecular weight is 721 g/mol. The molecule has 0 saturated carbocycles. The second kappa shape index (κ2) is 15.6. The molecule has 1 N–H and O–H groups in total. The van der Waals surface area contributed by atoms with Crippen LogP contribution in [-0.4, -0.2) is 39.9 Å². The Kier molecular flexibility index (Phi) is 12.3. The van der Waals surface area contributed by atoms with Crippen LogP contribution in [0.5, 0.6) is 5.88 Å². The van der Waals surface area contributed by atoms with Crippen molar-refractivity contribution in [2.45, 2.75) is 65.3 Å². The second-order valence-corrected chi connectivity index (χ2v) is 13.3. The number of hydrogen-bond donors (Lipinski definition) is 1. The predicted molar refractivity (Wildman–Crippen MR) is 184 cm³/mol. The van der Waals surface area contributed by atoms with E-state index in [0.717, 1.165) is 18.4 Å². The van der Waals surface area contributed by atoms with Crippen molar-refractivity contribution < 1.29 is 27.2 Å². The first-order chi connectivity index (χ1) is 22.4. The number of nitro benzene ring substituents is 2. The number of carbonyl (C=O) groups is 1. The van der Waals surface area contributed by atoms with Gasteiger partial charge in [-0.1, -0.05) is 54.7 Å². The highest BCUT2D eigenvalue weighted by atomic mass is 35.5. The van der Waals surface area contributed by atoms with Gasteiger partial charge in [0.1, 0.15) is 10.5 Å². The van der Waals surface area contributed by atoms with Gasteiger partial charge in [0.15, 0.2) is 5.69 Å². The van der Waals surface area contributed by atoms with Crippen LogP contribution in [0.2, 0.25) is 10.0 Å². The lowest BCUT2D eigenvalue weighted by atomic mass is 10.0. The van der Waals surface area contributed by atoms with E-state index in [1.54, 1.807) is 32.9 Å². The van der Waals surface area contributed by atoms with E-state index in [9.17, 15) is 33.4 Å². The summed E-state index contributed by atoms with van der Waals surface area (Å²) in [5, 5.41) is 30.1. The maximum atomic E-state index is 13.0. The minimum absolute atomic E-state index is 0.0109. The quantitative estimate of drug-likeness (QED) is 0.0690. The summed E-state index contributed by atoms with van der Waals surface area (Å²) in [6.45, 7) is 10.5. The molecular weight excluding hydrogens is 685 g/mol. The van der Waals surface area contributed by atoms with Gasteiger partial charge in [0.05, 0.1) is 20.6 Å². The standard InChI is InChI=1S/C19H16Cl2N2O4S.C13H19N3O4/c1-11-4-7-14(8-5-11)28(25,26)27-19-17(12(2)22-23(19)3)18(24)15-9-6-13(20)10-16(15)21;1-5-10(6-2)14-12-11(15(17)18)7-8(3)9(4)13(12)16(19)20/h4-10H,1-3H3;7,10,14H,5-6H2,1-4H3. The fourth-order valence-corrected chi connectivity index (χ4v) is 6.21. The third-order valence-electron chi connectivity index (χ3n) is 7.58. The van der Waals surface area contributed by atoms with Gasteiger partial charge in [-0.25, -0.2) is 4.68 Å². The van der Waals surface area contributed by atoms with Crippen LogP contribution in [-0.2, 0) is 17.2 Å². The molecule has 0 radical (unpaired) electrons. The van der Waals surface area contributed by atoms with Crippen molar-refractivity contribution in [1.82, 2.24) is 9.78 Å². The summed E-state index contributed by atoms with van der Waals surface area (Å²) in [6, 6.07) is 12.0. The molecule has 0 unspecified atom stereocenters. The minimum Gasteiger partial charge on any atom is -0.371 e. The highest BCUT2D eigenvalue weighted by Gasteiger charge is 2.31. The molecule has 0 amide bonds. The van der Waals surface area contributed by atoms with Crippen LogP contribution in [0.25, 0.3) is 0 Å². The molecule has 0 saturated heterocycles. The molecule has 3 aromatic carbocycles. The molecule has 4 aromatic rings. The van der Waals surface area contributed by atoms with Crippen LogP contribution < -0.4 is 9.50 Å². The van der Waals surface area contributed by atoms with E-state index in [-0.39, 0.29) is 50.0 Å². The number of carbonyl (C=O) groups excluding carboxylic acids is 1. The maximum absolute atomic E-state index is 13.0. The Hall–Kier alpha value is -4.53. The van der Waals surface area contributed by atoms with Crippen LogP contribution in [0.3, 0.4) is 0 Å². The molecule has 0 aliphatic carbocycles. The Balaban J connectivity index is 0.000000277. The number of nitro groups is 2. The highest BCUT2D eigenvalue weighted by Crippen LogP contribution is 2.39. The molecule has 256 valence electrons. The summed E-state index contributed by atoms with van der Waals surface area (Å²) in [5.74, 6) is -0.699. The Labute approximate surface area is 288 Å². The molecule has 0 fully saturated rings. The zero-order chi connectivity index (χ0) is 36.1. The fraction of sp³-hybridized carbons (Fsp3) is 0.312. The molecule has 1 heterocycles. The summed E-state index contributed by atoms with van der Waals surface area (Å²) < 4.78 is 31.9. The van der Waals surface area contributed by atoms with Crippen molar-refractivity contribution in [2.75, 3.05) is 5.32 Å². The van der Waals surface area contributed by atoms with Gasteiger partial charge in [-0.05, 0) is 76.4 Å². The van der Waals surface area contributed by atoms with E-state index in [4.69, 9.17) is 27.4 Å². The number of aromatic nitrogens is 2. The Morgan fingerprint density at radius 2 is 1.58 bits per heavy atom. The average Bonchev–Trinajstić information content (AvgIpc) is 3.28. The molecule has 0 aliphatic rings. The van der Waals surface area contributed by atoms with E-state index < -0.39 is 25.7 Å². The number of aryl methyl sites for hydroxylation is 4. The van der Waals surface area contributed by atoms with Gasteiger partial charge >= 0.3 is 15.8 Å². The lowest BCUT2D eigenvalue weighted by Gasteiger charge is -2.17. The molecule has 0 aliphatic heterocycles. The van der Waals surface area contributed by atoms with Crippen LogP contribution in [0, 0.1) is 47.9 Å². The Morgan fingerprint density at radius 3 is 2.10 bits per heavy atom. The van der Waals surface area contributed by atoms with E-state index >= 15 is 0 Å². The zero-order valence-corrected chi connectivity index (χ0v) is 29.7. The van der Waals surface area contributed by atoms with Crippen molar-refractivity contribution in [3.63, 3.8) is 0 Å². The Morgan fingerprint density at radius 1 is 0.979 bits per heavy atom. The number of hydrogen-bond acceptors (Lipinski definition) is 10. The Bertz CT molecular complexity index is 1980. The molecule has 0 spiro atoms. The van der Waals surface area contributed by atoms with E-state index in [1.165, 1.54) is 48.1 Å². The van der Waals surface area contributed by atoms with Crippen LogP contribution in [0.15, 0.2) is 53.4 Å². The molecule has 48 heavy (non-hydrogen) atoms. The highest BCUT2D eigenvalue weighted by molar-refractivity contribution is 7.87. The van der Waals surface area contributed by atoms with Gasteiger partial charge in [0.25, 0.3) is 5.69 Å². The summed E-state index contributed by atoms with van der Waals surface area (Å²) in [7, 11) is -2.67. The molecule has 0 bridgehead atoms. The topological polar surface area (TPSA) is 177 Å². The monoisotopic (exact) mass is 719 g/mol. The van der Waals surface area contributed by atoms with E-state index in [1.807, 2.05) is 20.8 Å². The molecule has 13 nitrogen and oxygen atoms in total. The number of nitrogens with one attached hydrogen (secondary N) is 1. The predicted octanol–water partition coefficient (Wildman–Crippen LogP) is 8.06.